The van der Waals surface area contributed by atoms with Crippen molar-refractivity contribution >= 4 is 5.78 Å². The molecular formula is C14H20O2. The molecule has 1 aromatic rings. The van der Waals surface area contributed by atoms with Gasteiger partial charge in [0, 0.05) is 6.42 Å². The SMILES string of the molecule is CCCCc1ccc(OCCC(C)=O)cc1. The molecule has 1 aromatic carbocycles. The van der Waals surface area contributed by atoms with Gasteiger partial charge in [0.25, 0.3) is 0 Å². The summed E-state index contributed by atoms with van der Waals surface area (Å²) < 4.78 is 5.46. The molecule has 0 saturated carbocycles. The van der Waals surface area contributed by atoms with Gasteiger partial charge in [0.1, 0.15) is 11.5 Å². The monoisotopic (exact) mass is 220 g/mol. The van der Waals surface area contributed by atoms with Crippen LogP contribution in [-0.2, 0) is 11.2 Å². The highest BCUT2D eigenvalue weighted by molar-refractivity contribution is 5.75. The number of aryl methyl sites for hydroxylation is 1. The molecule has 0 saturated heterocycles. The number of Topliss-reactive ketones (excluding diaryl/α,β-unsaturated/α-hetero) is 1. The van der Waals surface area contributed by atoms with Crippen molar-refractivity contribution in [2.45, 2.75) is 39.5 Å². The zero-order chi connectivity index (χ0) is 11.8. The summed E-state index contributed by atoms with van der Waals surface area (Å²) in [5.41, 5.74) is 1.35. The molecule has 0 aliphatic heterocycles. The van der Waals surface area contributed by atoms with E-state index >= 15 is 0 Å². The van der Waals surface area contributed by atoms with Gasteiger partial charge >= 0.3 is 0 Å². The van der Waals surface area contributed by atoms with Gasteiger partial charge in [-0.25, -0.2) is 0 Å². The number of rotatable bonds is 7. The summed E-state index contributed by atoms with van der Waals surface area (Å²) in [7, 11) is 0. The molecule has 0 amide bonds. The lowest BCUT2D eigenvalue weighted by molar-refractivity contribution is -0.117. The van der Waals surface area contributed by atoms with Crippen molar-refractivity contribution in [2.75, 3.05) is 6.61 Å². The van der Waals surface area contributed by atoms with E-state index in [0.717, 1.165) is 12.2 Å². The van der Waals surface area contributed by atoms with Crippen LogP contribution >= 0.6 is 0 Å². The highest BCUT2D eigenvalue weighted by Gasteiger charge is 1.97. The Hall–Kier alpha value is -1.31. The van der Waals surface area contributed by atoms with Gasteiger partial charge in [-0.2, -0.15) is 0 Å². The zero-order valence-corrected chi connectivity index (χ0v) is 10.2. The number of ketones is 1. The van der Waals surface area contributed by atoms with E-state index < -0.39 is 0 Å². The Bertz CT molecular complexity index is 314. The number of hydrogen-bond acceptors (Lipinski definition) is 2. The van der Waals surface area contributed by atoms with E-state index in [0.29, 0.717) is 13.0 Å². The molecule has 0 bridgehead atoms. The molecule has 0 atom stereocenters. The van der Waals surface area contributed by atoms with E-state index in [1.165, 1.54) is 18.4 Å². The Balaban J connectivity index is 2.36. The van der Waals surface area contributed by atoms with Gasteiger partial charge in [-0.3, -0.25) is 4.79 Å². The zero-order valence-electron chi connectivity index (χ0n) is 10.2. The first-order valence-electron chi connectivity index (χ1n) is 5.93. The second-order valence-electron chi connectivity index (χ2n) is 4.05. The maximum Gasteiger partial charge on any atom is 0.133 e. The fourth-order valence-electron chi connectivity index (χ4n) is 1.45. The van der Waals surface area contributed by atoms with Crippen molar-refractivity contribution in [3.8, 4) is 5.75 Å². The molecule has 0 fully saturated rings. The summed E-state index contributed by atoms with van der Waals surface area (Å²) in [6, 6.07) is 8.15. The minimum Gasteiger partial charge on any atom is -0.493 e. The van der Waals surface area contributed by atoms with Crippen LogP contribution in [0, 0.1) is 0 Å². The average molecular weight is 220 g/mol. The van der Waals surface area contributed by atoms with Crippen LogP contribution in [0.5, 0.6) is 5.75 Å². The average Bonchev–Trinajstić information content (AvgIpc) is 2.27. The standard InChI is InChI=1S/C14H20O2/c1-3-4-5-13-6-8-14(9-7-13)16-11-10-12(2)15/h6-9H,3-5,10-11H2,1-2H3. The number of ether oxygens (including phenoxy) is 1. The number of benzene rings is 1. The minimum absolute atomic E-state index is 0.166. The Morgan fingerprint density at radius 1 is 1.25 bits per heavy atom. The second kappa shape index (κ2) is 7.04. The third kappa shape index (κ3) is 4.96. The van der Waals surface area contributed by atoms with Crippen LogP contribution in [0.3, 0.4) is 0 Å². The molecular weight excluding hydrogens is 200 g/mol. The second-order valence-corrected chi connectivity index (χ2v) is 4.05. The van der Waals surface area contributed by atoms with E-state index in [-0.39, 0.29) is 5.78 Å². The highest BCUT2D eigenvalue weighted by Crippen LogP contribution is 2.14. The lowest BCUT2D eigenvalue weighted by Crippen LogP contribution is -2.02. The molecule has 2 heteroatoms. The quantitative estimate of drug-likeness (QED) is 0.704. The van der Waals surface area contributed by atoms with Gasteiger partial charge < -0.3 is 4.74 Å². The van der Waals surface area contributed by atoms with Crippen LogP contribution in [0.25, 0.3) is 0 Å². The van der Waals surface area contributed by atoms with Gasteiger partial charge in [0.2, 0.25) is 0 Å². The van der Waals surface area contributed by atoms with Crippen LogP contribution in [0.15, 0.2) is 24.3 Å². The molecule has 0 aromatic heterocycles. The predicted molar refractivity (Wildman–Crippen MR) is 65.8 cm³/mol. The van der Waals surface area contributed by atoms with E-state index in [9.17, 15) is 4.79 Å². The topological polar surface area (TPSA) is 26.3 Å². The minimum atomic E-state index is 0.166. The first kappa shape index (κ1) is 12.8. The maximum absolute atomic E-state index is 10.7. The van der Waals surface area contributed by atoms with Crippen molar-refractivity contribution < 1.29 is 9.53 Å². The Morgan fingerprint density at radius 2 is 1.94 bits per heavy atom. The van der Waals surface area contributed by atoms with Gasteiger partial charge in [-0.1, -0.05) is 25.5 Å². The van der Waals surface area contributed by atoms with Gasteiger partial charge in [0.05, 0.1) is 6.61 Å². The third-order valence-corrected chi connectivity index (χ3v) is 2.47. The Morgan fingerprint density at radius 3 is 2.50 bits per heavy atom. The van der Waals surface area contributed by atoms with Crippen LogP contribution in [-0.4, -0.2) is 12.4 Å². The lowest BCUT2D eigenvalue weighted by Gasteiger charge is -2.06. The molecule has 16 heavy (non-hydrogen) atoms. The molecule has 0 radical (unpaired) electrons. The number of carbonyl (C=O) groups is 1. The Kier molecular flexibility index (Phi) is 5.62. The summed E-state index contributed by atoms with van der Waals surface area (Å²) in [6.07, 6.45) is 4.06. The predicted octanol–water partition coefficient (Wildman–Crippen LogP) is 3.39. The number of unbranched alkanes of at least 4 members (excludes halogenated alkanes) is 1. The molecule has 1 rings (SSSR count). The largest absolute Gasteiger partial charge is 0.493 e. The van der Waals surface area contributed by atoms with Gasteiger partial charge in [0.15, 0.2) is 0 Å². The molecule has 2 nitrogen and oxygen atoms in total. The summed E-state index contributed by atoms with van der Waals surface area (Å²) in [5.74, 6) is 1.01. The highest BCUT2D eigenvalue weighted by atomic mass is 16.5. The van der Waals surface area contributed by atoms with Crippen LogP contribution in [0.1, 0.15) is 38.7 Å². The summed E-state index contributed by atoms with van der Waals surface area (Å²) in [4.78, 5) is 10.7. The number of carbonyl (C=O) groups excluding carboxylic acids is 1. The molecule has 0 unspecified atom stereocenters. The molecule has 0 aliphatic carbocycles. The molecule has 0 spiro atoms. The van der Waals surface area contributed by atoms with Gasteiger partial charge in [-0.15, -0.1) is 0 Å². The van der Waals surface area contributed by atoms with E-state index in [1.54, 1.807) is 6.92 Å². The van der Waals surface area contributed by atoms with Crippen molar-refractivity contribution in [1.82, 2.24) is 0 Å². The van der Waals surface area contributed by atoms with E-state index in [1.807, 2.05) is 12.1 Å². The summed E-state index contributed by atoms with van der Waals surface area (Å²) in [6.45, 7) is 4.25. The third-order valence-electron chi connectivity index (χ3n) is 2.47. The normalized spacial score (nSPS) is 10.1. The van der Waals surface area contributed by atoms with Crippen molar-refractivity contribution in [1.29, 1.82) is 0 Å². The van der Waals surface area contributed by atoms with Crippen molar-refractivity contribution in [3.05, 3.63) is 29.8 Å². The van der Waals surface area contributed by atoms with Crippen LogP contribution in [0.4, 0.5) is 0 Å². The van der Waals surface area contributed by atoms with E-state index in [2.05, 4.69) is 19.1 Å². The van der Waals surface area contributed by atoms with Gasteiger partial charge in [-0.05, 0) is 37.5 Å². The first-order valence-corrected chi connectivity index (χ1v) is 5.93. The maximum atomic E-state index is 10.7. The summed E-state index contributed by atoms with van der Waals surface area (Å²) in [5, 5.41) is 0. The number of hydrogen-bond donors (Lipinski definition) is 0. The Labute approximate surface area is 97.6 Å². The van der Waals surface area contributed by atoms with Crippen molar-refractivity contribution in [2.24, 2.45) is 0 Å². The fourth-order valence-corrected chi connectivity index (χ4v) is 1.45. The first-order chi connectivity index (χ1) is 7.72. The van der Waals surface area contributed by atoms with Crippen LogP contribution < -0.4 is 4.74 Å². The molecule has 88 valence electrons. The lowest BCUT2D eigenvalue weighted by atomic mass is 10.1. The van der Waals surface area contributed by atoms with Crippen molar-refractivity contribution in [3.63, 3.8) is 0 Å². The molecule has 0 N–H and O–H groups in total. The molecule has 0 heterocycles. The smallest absolute Gasteiger partial charge is 0.133 e. The van der Waals surface area contributed by atoms with Crippen LogP contribution in [0.2, 0.25) is 0 Å². The molecule has 0 aliphatic rings. The van der Waals surface area contributed by atoms with E-state index in [4.69, 9.17) is 4.74 Å². The summed E-state index contributed by atoms with van der Waals surface area (Å²) >= 11 is 0. The fraction of sp³-hybridized carbons (Fsp3) is 0.500.